The van der Waals surface area contributed by atoms with Gasteiger partial charge in [0.1, 0.15) is 6.10 Å². The molecule has 0 N–H and O–H groups in total. The summed E-state index contributed by atoms with van der Waals surface area (Å²) in [7, 11) is 0. The second-order valence-corrected chi connectivity index (χ2v) is 8.48. The number of hydrogen-bond acceptors (Lipinski definition) is 6. The molecule has 1 saturated carbocycles. The molecule has 6 heteroatoms. The Morgan fingerprint density at radius 2 is 1.90 bits per heavy atom. The van der Waals surface area contributed by atoms with Gasteiger partial charge in [0, 0.05) is 31.7 Å². The van der Waals surface area contributed by atoms with E-state index >= 15 is 0 Å². The zero-order valence-corrected chi connectivity index (χ0v) is 17.0. The molecule has 3 atom stereocenters. The Morgan fingerprint density at radius 3 is 2.59 bits per heavy atom. The molecule has 1 aliphatic heterocycles. The summed E-state index contributed by atoms with van der Waals surface area (Å²) in [6.45, 7) is 4.84. The minimum Gasteiger partial charge on any atom is -0.459 e. The van der Waals surface area contributed by atoms with Crippen molar-refractivity contribution in [3.8, 4) is 0 Å². The monoisotopic (exact) mass is 400 g/mol. The van der Waals surface area contributed by atoms with Crippen LogP contribution < -0.4 is 0 Å². The lowest BCUT2D eigenvalue weighted by Crippen LogP contribution is -2.44. The first-order chi connectivity index (χ1) is 13.9. The number of carbonyl (C=O) groups excluding carboxylic acids is 2. The van der Waals surface area contributed by atoms with Gasteiger partial charge >= 0.3 is 11.9 Å². The van der Waals surface area contributed by atoms with Gasteiger partial charge in [-0.3, -0.25) is 4.79 Å². The molecule has 0 bridgehead atoms. The minimum absolute atomic E-state index is 0.000212. The van der Waals surface area contributed by atoms with E-state index in [1.165, 1.54) is 12.5 Å². The summed E-state index contributed by atoms with van der Waals surface area (Å²) in [5, 5.41) is 0. The molecule has 29 heavy (non-hydrogen) atoms. The molecule has 1 spiro atoms. The van der Waals surface area contributed by atoms with Crippen LogP contribution in [0, 0.1) is 5.41 Å². The Hall–Kier alpha value is -2.18. The third-order valence-corrected chi connectivity index (χ3v) is 6.26. The van der Waals surface area contributed by atoms with E-state index in [9.17, 15) is 9.59 Å². The summed E-state index contributed by atoms with van der Waals surface area (Å²) in [5.41, 5.74) is 1.91. The van der Waals surface area contributed by atoms with Crippen molar-refractivity contribution in [3.63, 3.8) is 0 Å². The predicted molar refractivity (Wildman–Crippen MR) is 105 cm³/mol. The zero-order valence-electron chi connectivity index (χ0n) is 17.0. The number of ether oxygens (including phenoxy) is 4. The lowest BCUT2D eigenvalue weighted by molar-refractivity contribution is -0.185. The number of rotatable bonds is 4. The van der Waals surface area contributed by atoms with Crippen LogP contribution in [0.5, 0.6) is 0 Å². The van der Waals surface area contributed by atoms with Crippen LogP contribution in [0.15, 0.2) is 42.0 Å². The number of carbonyl (C=O) groups is 2. The van der Waals surface area contributed by atoms with Crippen LogP contribution in [0.1, 0.15) is 57.6 Å². The van der Waals surface area contributed by atoms with Gasteiger partial charge in [-0.15, -0.1) is 0 Å². The molecule has 6 nitrogen and oxygen atoms in total. The smallest absolute Gasteiger partial charge is 0.352 e. The summed E-state index contributed by atoms with van der Waals surface area (Å²) in [6.07, 6.45) is 4.88. The quantitative estimate of drug-likeness (QED) is 0.565. The van der Waals surface area contributed by atoms with Crippen LogP contribution in [-0.4, -0.2) is 37.0 Å². The number of esters is 2. The first-order valence-corrected chi connectivity index (χ1v) is 10.3. The van der Waals surface area contributed by atoms with Gasteiger partial charge in [-0.25, -0.2) is 4.79 Å². The standard InChI is InChI=1S/C23H28O6/c1-16(24)28-20(17-6-4-3-5-7-17)21(25)29-19-9-10-22(2)15-23(26-12-13-27-23)11-8-18(22)14-19/h3-8,19-20H,9-15H2,1-2H3/t19-,20+,22-/m1/s1. The second kappa shape index (κ2) is 7.92. The Balaban J connectivity index is 1.44. The van der Waals surface area contributed by atoms with Crippen LogP contribution in [0.25, 0.3) is 0 Å². The van der Waals surface area contributed by atoms with E-state index in [0.717, 1.165) is 25.7 Å². The average molecular weight is 400 g/mol. The summed E-state index contributed by atoms with van der Waals surface area (Å²) in [4.78, 5) is 24.3. The van der Waals surface area contributed by atoms with Gasteiger partial charge in [0.05, 0.1) is 13.2 Å². The molecule has 2 fully saturated rings. The first kappa shape index (κ1) is 20.1. The number of hydrogen-bond donors (Lipinski definition) is 0. The molecular weight excluding hydrogens is 372 g/mol. The van der Waals surface area contributed by atoms with E-state index in [1.807, 2.05) is 6.07 Å². The van der Waals surface area contributed by atoms with Gasteiger partial charge in [-0.2, -0.15) is 0 Å². The molecule has 1 heterocycles. The molecule has 4 rings (SSSR count). The number of fused-ring (bicyclic) bond motifs is 1. The number of benzene rings is 1. The molecular formula is C23H28O6. The molecule has 3 aliphatic rings. The Bertz CT molecular complexity index is 795. The van der Waals surface area contributed by atoms with Crippen molar-refractivity contribution in [2.24, 2.45) is 5.41 Å². The maximum atomic E-state index is 12.8. The summed E-state index contributed by atoms with van der Waals surface area (Å²) < 4.78 is 22.9. The van der Waals surface area contributed by atoms with Crippen LogP contribution in [0.2, 0.25) is 0 Å². The van der Waals surface area contributed by atoms with Crippen molar-refractivity contribution in [1.82, 2.24) is 0 Å². The summed E-state index contributed by atoms with van der Waals surface area (Å²) >= 11 is 0. The molecule has 2 aliphatic carbocycles. The van der Waals surface area contributed by atoms with Crippen molar-refractivity contribution in [2.75, 3.05) is 13.2 Å². The molecule has 0 amide bonds. The fourth-order valence-corrected chi connectivity index (χ4v) is 4.80. The normalized spacial score (nSPS) is 28.9. The van der Waals surface area contributed by atoms with Gasteiger partial charge < -0.3 is 18.9 Å². The largest absolute Gasteiger partial charge is 0.459 e. The van der Waals surface area contributed by atoms with E-state index in [4.69, 9.17) is 18.9 Å². The second-order valence-electron chi connectivity index (χ2n) is 8.48. The molecule has 1 aromatic rings. The van der Waals surface area contributed by atoms with E-state index in [2.05, 4.69) is 13.0 Å². The van der Waals surface area contributed by atoms with Gasteiger partial charge in [0.25, 0.3) is 0 Å². The molecule has 0 radical (unpaired) electrons. The molecule has 1 aromatic carbocycles. The highest BCUT2D eigenvalue weighted by atomic mass is 16.7. The SMILES string of the molecule is CC(=O)O[C@H](C(=O)O[C@@H]1CC[C@]2(C)CC3(CC=C2C1)OCCO3)c1ccccc1. The third kappa shape index (κ3) is 4.23. The highest BCUT2D eigenvalue weighted by Crippen LogP contribution is 2.52. The topological polar surface area (TPSA) is 71.1 Å². The van der Waals surface area contributed by atoms with Crippen molar-refractivity contribution < 1.29 is 28.5 Å². The summed E-state index contributed by atoms with van der Waals surface area (Å²) in [5.74, 6) is -1.51. The highest BCUT2D eigenvalue weighted by molar-refractivity contribution is 5.80. The van der Waals surface area contributed by atoms with Crippen LogP contribution in [0.4, 0.5) is 0 Å². The van der Waals surface area contributed by atoms with E-state index < -0.39 is 23.8 Å². The van der Waals surface area contributed by atoms with Crippen molar-refractivity contribution in [3.05, 3.63) is 47.5 Å². The first-order valence-electron chi connectivity index (χ1n) is 10.3. The lowest BCUT2D eigenvalue weighted by atomic mass is 9.64. The molecule has 0 aromatic heterocycles. The van der Waals surface area contributed by atoms with Crippen LogP contribution in [-0.2, 0) is 28.5 Å². The van der Waals surface area contributed by atoms with Gasteiger partial charge in [-0.05, 0) is 18.3 Å². The minimum atomic E-state index is -1.04. The lowest BCUT2D eigenvalue weighted by Gasteiger charge is -2.47. The third-order valence-electron chi connectivity index (χ3n) is 6.26. The average Bonchev–Trinajstić information content (AvgIpc) is 3.14. The van der Waals surface area contributed by atoms with Gasteiger partial charge in [0.15, 0.2) is 5.79 Å². The maximum Gasteiger partial charge on any atom is 0.352 e. The summed E-state index contributed by atoms with van der Waals surface area (Å²) in [6, 6.07) is 8.98. The van der Waals surface area contributed by atoms with Crippen molar-refractivity contribution >= 4 is 11.9 Å². The van der Waals surface area contributed by atoms with Gasteiger partial charge in [-0.1, -0.05) is 48.9 Å². The Labute approximate surface area is 171 Å². The highest BCUT2D eigenvalue weighted by Gasteiger charge is 2.49. The van der Waals surface area contributed by atoms with E-state index in [1.54, 1.807) is 24.3 Å². The van der Waals surface area contributed by atoms with Crippen molar-refractivity contribution in [2.45, 2.75) is 63.9 Å². The Kier molecular flexibility index (Phi) is 5.49. The predicted octanol–water partition coefficient (Wildman–Crippen LogP) is 3.86. The van der Waals surface area contributed by atoms with E-state index in [-0.39, 0.29) is 11.5 Å². The molecule has 1 saturated heterocycles. The zero-order chi connectivity index (χ0) is 20.5. The fourth-order valence-electron chi connectivity index (χ4n) is 4.80. The van der Waals surface area contributed by atoms with Crippen LogP contribution >= 0.6 is 0 Å². The molecule has 0 unspecified atom stereocenters. The van der Waals surface area contributed by atoms with Crippen molar-refractivity contribution in [1.29, 1.82) is 0 Å². The van der Waals surface area contributed by atoms with E-state index in [0.29, 0.717) is 25.2 Å². The van der Waals surface area contributed by atoms with Crippen LogP contribution in [0.3, 0.4) is 0 Å². The molecule has 156 valence electrons. The Morgan fingerprint density at radius 1 is 1.17 bits per heavy atom. The maximum absolute atomic E-state index is 12.8. The fraction of sp³-hybridized carbons (Fsp3) is 0.565. The van der Waals surface area contributed by atoms with Gasteiger partial charge in [0.2, 0.25) is 6.10 Å².